The van der Waals surface area contributed by atoms with E-state index in [0.717, 1.165) is 28.3 Å². The topological polar surface area (TPSA) is 75.7 Å². The van der Waals surface area contributed by atoms with Crippen LogP contribution in [0.2, 0.25) is 0 Å². The van der Waals surface area contributed by atoms with Crippen molar-refractivity contribution in [2.75, 3.05) is 25.5 Å². The fourth-order valence-electron chi connectivity index (χ4n) is 2.55. The van der Waals surface area contributed by atoms with Crippen molar-refractivity contribution < 1.29 is 17.9 Å². The molecule has 0 saturated carbocycles. The lowest BCUT2D eigenvalue weighted by Gasteiger charge is -2.18. The van der Waals surface area contributed by atoms with Gasteiger partial charge >= 0.3 is 0 Å². The molecule has 28 heavy (non-hydrogen) atoms. The molecule has 0 aliphatic heterocycles. The van der Waals surface area contributed by atoms with Gasteiger partial charge in [-0.1, -0.05) is 31.5 Å². The van der Waals surface area contributed by atoms with Crippen LogP contribution in [0.15, 0.2) is 47.4 Å². The Bertz CT molecular complexity index is 926. The summed E-state index contributed by atoms with van der Waals surface area (Å²) in [5.74, 6) is 0.144. The molecular formula is C21H28N2O4S. The number of unbranched alkanes of at least 4 members (excludes halogenated alkanes) is 1. The zero-order valence-corrected chi connectivity index (χ0v) is 17.7. The van der Waals surface area contributed by atoms with Gasteiger partial charge in [0, 0.05) is 7.05 Å². The van der Waals surface area contributed by atoms with Gasteiger partial charge in [-0.3, -0.25) is 4.79 Å². The first-order valence-electron chi connectivity index (χ1n) is 9.31. The van der Waals surface area contributed by atoms with Crippen LogP contribution in [0.3, 0.4) is 0 Å². The number of hydrogen-bond donors (Lipinski definition) is 1. The van der Waals surface area contributed by atoms with E-state index in [2.05, 4.69) is 12.2 Å². The normalized spacial score (nSPS) is 11.5. The molecule has 6 nitrogen and oxygen atoms in total. The van der Waals surface area contributed by atoms with Crippen molar-refractivity contribution in [1.82, 2.24) is 4.31 Å². The van der Waals surface area contributed by atoms with Gasteiger partial charge in [0.25, 0.3) is 0 Å². The van der Waals surface area contributed by atoms with E-state index in [1.165, 1.54) is 7.05 Å². The Labute approximate surface area is 167 Å². The van der Waals surface area contributed by atoms with E-state index in [1.807, 2.05) is 19.9 Å². The van der Waals surface area contributed by atoms with Crippen LogP contribution < -0.4 is 10.1 Å². The number of carbonyl (C=O) groups is 1. The van der Waals surface area contributed by atoms with E-state index >= 15 is 0 Å². The van der Waals surface area contributed by atoms with Crippen LogP contribution in [-0.4, -0.2) is 38.8 Å². The maximum atomic E-state index is 12.7. The minimum absolute atomic E-state index is 0.175. The molecule has 0 radical (unpaired) electrons. The predicted molar refractivity (Wildman–Crippen MR) is 111 cm³/mol. The van der Waals surface area contributed by atoms with Crippen molar-refractivity contribution in [3.8, 4) is 5.75 Å². The Balaban J connectivity index is 2.07. The first kappa shape index (κ1) is 21.9. The van der Waals surface area contributed by atoms with Gasteiger partial charge in [-0.15, -0.1) is 0 Å². The molecule has 0 saturated heterocycles. The number of para-hydroxylation sites is 2. The highest BCUT2D eigenvalue weighted by molar-refractivity contribution is 7.89. The number of benzene rings is 2. The Morgan fingerprint density at radius 3 is 2.50 bits per heavy atom. The highest BCUT2D eigenvalue weighted by atomic mass is 32.2. The van der Waals surface area contributed by atoms with Crippen molar-refractivity contribution in [2.45, 2.75) is 38.5 Å². The van der Waals surface area contributed by atoms with Crippen LogP contribution in [0.4, 0.5) is 5.69 Å². The van der Waals surface area contributed by atoms with Crippen molar-refractivity contribution in [3.63, 3.8) is 0 Å². The van der Waals surface area contributed by atoms with Crippen LogP contribution in [0.1, 0.15) is 30.9 Å². The minimum Gasteiger partial charge on any atom is -0.491 e. The summed E-state index contributed by atoms with van der Waals surface area (Å²) in [6, 6.07) is 12.1. The molecular weight excluding hydrogens is 376 g/mol. The number of likely N-dealkylation sites (N-methyl/N-ethyl adjacent to an activating group) is 1. The van der Waals surface area contributed by atoms with E-state index in [-0.39, 0.29) is 11.4 Å². The molecule has 0 atom stereocenters. The lowest BCUT2D eigenvalue weighted by Crippen LogP contribution is -2.35. The highest BCUT2D eigenvalue weighted by Crippen LogP contribution is 2.24. The van der Waals surface area contributed by atoms with Crippen molar-refractivity contribution in [2.24, 2.45) is 0 Å². The number of carbonyl (C=O) groups excluding carboxylic acids is 1. The van der Waals surface area contributed by atoms with Gasteiger partial charge in [0.1, 0.15) is 5.75 Å². The molecule has 0 spiro atoms. The number of nitrogens with one attached hydrogen (secondary N) is 1. The van der Waals surface area contributed by atoms with E-state index in [4.69, 9.17) is 4.74 Å². The number of amides is 1. The third kappa shape index (κ3) is 5.56. The van der Waals surface area contributed by atoms with Crippen LogP contribution in [0.5, 0.6) is 5.75 Å². The van der Waals surface area contributed by atoms with E-state index in [1.54, 1.807) is 36.4 Å². The van der Waals surface area contributed by atoms with Gasteiger partial charge in [0.2, 0.25) is 15.9 Å². The Morgan fingerprint density at radius 2 is 1.82 bits per heavy atom. The average Bonchev–Trinajstić information content (AvgIpc) is 2.65. The molecule has 1 N–H and O–H groups in total. The summed E-state index contributed by atoms with van der Waals surface area (Å²) in [6.07, 6.45) is 1.93. The van der Waals surface area contributed by atoms with Crippen LogP contribution in [0.25, 0.3) is 0 Å². The van der Waals surface area contributed by atoms with E-state index in [9.17, 15) is 13.2 Å². The fourth-order valence-corrected chi connectivity index (χ4v) is 3.77. The van der Waals surface area contributed by atoms with Gasteiger partial charge in [0.05, 0.1) is 23.7 Å². The molecule has 152 valence electrons. The smallest absolute Gasteiger partial charge is 0.243 e. The molecule has 0 unspecified atom stereocenters. The van der Waals surface area contributed by atoms with Crippen LogP contribution >= 0.6 is 0 Å². The summed E-state index contributed by atoms with van der Waals surface area (Å²) in [4.78, 5) is 12.6. The van der Waals surface area contributed by atoms with Gasteiger partial charge in [0.15, 0.2) is 0 Å². The number of rotatable bonds is 9. The summed E-state index contributed by atoms with van der Waals surface area (Å²) in [5, 5.41) is 2.74. The van der Waals surface area contributed by atoms with Crippen molar-refractivity contribution in [1.29, 1.82) is 0 Å². The maximum Gasteiger partial charge on any atom is 0.243 e. The molecule has 0 aliphatic rings. The first-order chi connectivity index (χ1) is 13.3. The number of hydrogen-bond acceptors (Lipinski definition) is 4. The monoisotopic (exact) mass is 404 g/mol. The van der Waals surface area contributed by atoms with Gasteiger partial charge in [-0.2, -0.15) is 4.31 Å². The number of aryl methyl sites for hydroxylation is 2. The lowest BCUT2D eigenvalue weighted by molar-refractivity contribution is -0.116. The summed E-state index contributed by atoms with van der Waals surface area (Å²) < 4.78 is 32.2. The Morgan fingerprint density at radius 1 is 1.11 bits per heavy atom. The fraction of sp³-hybridized carbons (Fsp3) is 0.381. The summed E-state index contributed by atoms with van der Waals surface area (Å²) >= 11 is 0. The van der Waals surface area contributed by atoms with Gasteiger partial charge in [-0.05, 0) is 55.7 Å². The molecule has 0 bridgehead atoms. The van der Waals surface area contributed by atoms with Crippen LogP contribution in [0, 0.1) is 13.8 Å². The molecule has 7 heteroatoms. The summed E-state index contributed by atoms with van der Waals surface area (Å²) in [6.45, 7) is 6.12. The van der Waals surface area contributed by atoms with E-state index < -0.39 is 15.9 Å². The standard InChI is InChI=1S/C21H28N2O4S/c1-5-6-13-27-20-10-8-7-9-19(20)22-21(24)15-23(4)28(25,26)18-12-11-16(2)17(3)14-18/h7-12,14H,5-6,13,15H2,1-4H3,(H,22,24). The predicted octanol–water partition coefficient (Wildman–Crippen LogP) is 3.74. The van der Waals surface area contributed by atoms with Gasteiger partial charge in [-0.25, -0.2) is 8.42 Å². The highest BCUT2D eigenvalue weighted by Gasteiger charge is 2.23. The Hall–Kier alpha value is -2.38. The molecule has 0 heterocycles. The number of anilines is 1. The summed E-state index contributed by atoms with van der Waals surface area (Å²) in [7, 11) is -2.36. The second-order valence-corrected chi connectivity index (χ2v) is 8.80. The van der Waals surface area contributed by atoms with Crippen molar-refractivity contribution in [3.05, 3.63) is 53.6 Å². The van der Waals surface area contributed by atoms with Crippen molar-refractivity contribution >= 4 is 21.6 Å². The second kappa shape index (κ2) is 9.71. The SMILES string of the molecule is CCCCOc1ccccc1NC(=O)CN(C)S(=O)(=O)c1ccc(C)c(C)c1. The quantitative estimate of drug-likeness (QED) is 0.646. The number of sulfonamides is 1. The Kier molecular flexibility index (Phi) is 7.60. The maximum absolute atomic E-state index is 12.7. The molecule has 1 amide bonds. The number of nitrogens with zero attached hydrogens (tertiary/aromatic N) is 1. The average molecular weight is 405 g/mol. The first-order valence-corrected chi connectivity index (χ1v) is 10.7. The van der Waals surface area contributed by atoms with Crippen LogP contribution in [-0.2, 0) is 14.8 Å². The van der Waals surface area contributed by atoms with E-state index in [0.29, 0.717) is 18.0 Å². The third-order valence-corrected chi connectivity index (χ3v) is 6.27. The molecule has 2 aromatic rings. The molecule has 0 fully saturated rings. The molecule has 0 aromatic heterocycles. The molecule has 0 aliphatic carbocycles. The lowest BCUT2D eigenvalue weighted by atomic mass is 10.1. The van der Waals surface area contributed by atoms with Gasteiger partial charge < -0.3 is 10.1 Å². The second-order valence-electron chi connectivity index (χ2n) is 6.75. The zero-order valence-electron chi connectivity index (χ0n) is 16.9. The molecule has 2 rings (SSSR count). The summed E-state index contributed by atoms with van der Waals surface area (Å²) in [5.41, 5.74) is 2.43. The zero-order chi connectivity index (χ0) is 20.7. The number of ether oxygens (including phenoxy) is 1. The third-order valence-electron chi connectivity index (χ3n) is 4.47. The molecule has 2 aromatic carbocycles. The largest absolute Gasteiger partial charge is 0.491 e. The minimum atomic E-state index is -3.75.